The Morgan fingerprint density at radius 3 is 1.72 bits per heavy atom. The third-order valence-electron chi connectivity index (χ3n) is 11.4. The van der Waals surface area contributed by atoms with Crippen LogP contribution in [0.2, 0.25) is 12.6 Å². The maximum absolute atomic E-state index is 6.11. The third kappa shape index (κ3) is 8.51. The summed E-state index contributed by atoms with van der Waals surface area (Å²) in [6.45, 7) is 12.3. The summed E-state index contributed by atoms with van der Waals surface area (Å²) in [5.74, 6) is 0. The molecular formula is C51H56OSi. The molecule has 0 heterocycles. The first-order valence-corrected chi connectivity index (χ1v) is 22.6. The van der Waals surface area contributed by atoms with Crippen molar-refractivity contribution in [1.29, 1.82) is 0 Å². The van der Waals surface area contributed by atoms with Gasteiger partial charge >= 0.3 is 0 Å². The minimum atomic E-state index is -2.34. The molecule has 2 atom stereocenters. The van der Waals surface area contributed by atoms with E-state index in [1.54, 1.807) is 5.19 Å². The topological polar surface area (TPSA) is 9.23 Å². The van der Waals surface area contributed by atoms with Gasteiger partial charge in [-0.2, -0.15) is 0 Å². The zero-order valence-electron chi connectivity index (χ0n) is 32.5. The zero-order valence-corrected chi connectivity index (χ0v) is 33.5. The van der Waals surface area contributed by atoms with Gasteiger partial charge in [0.05, 0.1) is 13.7 Å². The van der Waals surface area contributed by atoms with E-state index < -0.39 is 8.07 Å². The van der Waals surface area contributed by atoms with Crippen molar-refractivity contribution in [2.24, 2.45) is 0 Å². The van der Waals surface area contributed by atoms with Gasteiger partial charge in [0.25, 0.3) is 0 Å². The number of hydrogen-bond donors (Lipinski definition) is 0. The van der Waals surface area contributed by atoms with Gasteiger partial charge in [0.15, 0.2) is 0 Å². The smallest absolute Gasteiger partial charge is 0.0965 e. The van der Waals surface area contributed by atoms with Crippen LogP contribution in [0.1, 0.15) is 90.9 Å². The molecule has 0 spiro atoms. The summed E-state index contributed by atoms with van der Waals surface area (Å²) in [5, 5.41) is 1.61. The van der Waals surface area contributed by atoms with Gasteiger partial charge in [-0.25, -0.2) is 0 Å². The van der Waals surface area contributed by atoms with Crippen molar-refractivity contribution in [3.05, 3.63) is 185 Å². The maximum Gasteiger partial charge on any atom is 0.0965 e. The second-order valence-corrected chi connectivity index (χ2v) is 21.0. The monoisotopic (exact) mass is 712 g/mol. The van der Waals surface area contributed by atoms with Gasteiger partial charge in [-0.1, -0.05) is 183 Å². The number of rotatable bonds is 14. The first-order chi connectivity index (χ1) is 25.7. The molecule has 0 amide bonds. The van der Waals surface area contributed by atoms with E-state index in [1.807, 2.05) is 0 Å². The standard InChI is InChI=1S/C51H56OSi/c1-38-20-14-15-25-43(38)46-31-29-42(35-40-23-12-9-13-24-40)37-49(46)53(5,33-19-7-6-18-32-52-51(2,3)4)50-47-27-17-16-26-44(47)45-30-28-41(36-48(45)50)34-39-21-10-8-11-22-39/h8-17,20-31,36-37,50H,6-7,18-19,32-35H2,1-5H3. The Kier molecular flexibility index (Phi) is 11.3. The van der Waals surface area contributed by atoms with Gasteiger partial charge in [0.1, 0.15) is 0 Å². The lowest BCUT2D eigenvalue weighted by molar-refractivity contribution is -0.00471. The summed E-state index contributed by atoms with van der Waals surface area (Å²) < 4.78 is 6.11. The van der Waals surface area contributed by atoms with Gasteiger partial charge in [-0.05, 0) is 108 Å². The van der Waals surface area contributed by atoms with Crippen LogP contribution in [0.5, 0.6) is 0 Å². The number of unbranched alkanes of at least 4 members (excludes halogenated alkanes) is 3. The third-order valence-corrected chi connectivity index (χ3v) is 16.3. The summed E-state index contributed by atoms with van der Waals surface area (Å²) in [5.41, 5.74) is 15.9. The number of benzene rings is 6. The Bertz CT molecular complexity index is 2130. The maximum atomic E-state index is 6.11. The lowest BCUT2D eigenvalue weighted by Crippen LogP contribution is -2.51. The predicted molar refractivity (Wildman–Crippen MR) is 229 cm³/mol. The minimum Gasteiger partial charge on any atom is -0.376 e. The molecule has 0 N–H and O–H groups in total. The van der Waals surface area contributed by atoms with E-state index in [4.69, 9.17) is 4.74 Å². The lowest BCUT2D eigenvalue weighted by Gasteiger charge is -2.38. The molecule has 0 fully saturated rings. The molecule has 0 aromatic heterocycles. The first-order valence-electron chi connectivity index (χ1n) is 19.8. The highest BCUT2D eigenvalue weighted by molar-refractivity contribution is 6.93. The Morgan fingerprint density at radius 2 is 1.06 bits per heavy atom. The Labute approximate surface area is 320 Å². The number of ether oxygens (including phenoxy) is 1. The minimum absolute atomic E-state index is 0.0785. The molecule has 53 heavy (non-hydrogen) atoms. The van der Waals surface area contributed by atoms with Gasteiger partial charge in [0.2, 0.25) is 0 Å². The molecule has 0 radical (unpaired) electrons. The fourth-order valence-corrected chi connectivity index (χ4v) is 13.8. The van der Waals surface area contributed by atoms with Crippen molar-refractivity contribution in [3.8, 4) is 22.3 Å². The van der Waals surface area contributed by atoms with Crippen LogP contribution in [0.25, 0.3) is 22.3 Å². The number of aryl methyl sites for hydroxylation is 1. The molecule has 0 saturated carbocycles. The number of hydrogen-bond acceptors (Lipinski definition) is 1. The average Bonchev–Trinajstić information content (AvgIpc) is 3.49. The second-order valence-electron chi connectivity index (χ2n) is 16.5. The molecule has 7 rings (SSSR count). The molecule has 0 bridgehead atoms. The van der Waals surface area contributed by atoms with E-state index in [2.05, 4.69) is 180 Å². The highest BCUT2D eigenvalue weighted by atomic mass is 28.3. The van der Waals surface area contributed by atoms with Gasteiger partial charge < -0.3 is 4.74 Å². The van der Waals surface area contributed by atoms with Crippen LogP contribution in [-0.2, 0) is 17.6 Å². The SMILES string of the molecule is Cc1ccccc1-c1ccc(Cc2ccccc2)cc1[Si](C)(CCCCCCOC(C)(C)C)C1c2ccccc2-c2ccc(Cc3ccccc3)cc21. The van der Waals surface area contributed by atoms with Crippen molar-refractivity contribution < 1.29 is 4.74 Å². The van der Waals surface area contributed by atoms with Crippen LogP contribution in [-0.4, -0.2) is 20.3 Å². The summed E-state index contributed by atoms with van der Waals surface area (Å²) in [4.78, 5) is 0. The Balaban J connectivity index is 1.35. The summed E-state index contributed by atoms with van der Waals surface area (Å²) in [6.07, 6.45) is 6.68. The van der Waals surface area contributed by atoms with Crippen molar-refractivity contribution in [1.82, 2.24) is 0 Å². The van der Waals surface area contributed by atoms with Crippen LogP contribution in [0, 0.1) is 6.92 Å². The van der Waals surface area contributed by atoms with Gasteiger partial charge in [0, 0.05) is 12.1 Å². The van der Waals surface area contributed by atoms with E-state index >= 15 is 0 Å². The molecule has 1 aliphatic rings. The first kappa shape index (κ1) is 36.8. The lowest BCUT2D eigenvalue weighted by atomic mass is 9.97. The van der Waals surface area contributed by atoms with Gasteiger partial charge in [-0.3, -0.25) is 0 Å². The Hall–Kier alpha value is -4.50. The molecular weight excluding hydrogens is 657 g/mol. The van der Waals surface area contributed by atoms with Crippen LogP contribution in [0.4, 0.5) is 0 Å². The molecule has 270 valence electrons. The van der Waals surface area contributed by atoms with E-state index in [0.717, 1.165) is 25.9 Å². The molecule has 2 heteroatoms. The van der Waals surface area contributed by atoms with E-state index in [1.165, 1.54) is 86.5 Å². The zero-order chi connectivity index (χ0) is 36.8. The van der Waals surface area contributed by atoms with Crippen LogP contribution < -0.4 is 5.19 Å². The number of fused-ring (bicyclic) bond motifs is 3. The van der Waals surface area contributed by atoms with Crippen LogP contribution in [0.3, 0.4) is 0 Å². The fourth-order valence-electron chi connectivity index (χ4n) is 8.76. The molecule has 6 aromatic rings. The normalized spacial score (nSPS) is 14.8. The highest BCUT2D eigenvalue weighted by Gasteiger charge is 2.46. The summed E-state index contributed by atoms with van der Waals surface area (Å²) >= 11 is 0. The summed E-state index contributed by atoms with van der Waals surface area (Å²) in [6, 6.07) is 56.5. The van der Waals surface area contributed by atoms with E-state index in [0.29, 0.717) is 5.54 Å². The van der Waals surface area contributed by atoms with Gasteiger partial charge in [-0.15, -0.1) is 0 Å². The Morgan fingerprint density at radius 1 is 0.509 bits per heavy atom. The van der Waals surface area contributed by atoms with Crippen LogP contribution in [0.15, 0.2) is 146 Å². The van der Waals surface area contributed by atoms with Crippen molar-refractivity contribution >= 4 is 13.3 Å². The highest BCUT2D eigenvalue weighted by Crippen LogP contribution is 2.51. The van der Waals surface area contributed by atoms with E-state index in [9.17, 15) is 0 Å². The summed E-state index contributed by atoms with van der Waals surface area (Å²) in [7, 11) is -2.34. The molecule has 2 unspecified atom stereocenters. The van der Waals surface area contributed by atoms with E-state index in [-0.39, 0.29) is 5.60 Å². The van der Waals surface area contributed by atoms with Crippen molar-refractivity contribution in [2.75, 3.05) is 6.61 Å². The molecule has 0 aliphatic heterocycles. The predicted octanol–water partition coefficient (Wildman–Crippen LogP) is 12.9. The van der Waals surface area contributed by atoms with Crippen molar-refractivity contribution in [2.45, 2.75) is 90.0 Å². The quantitative estimate of drug-likeness (QED) is 0.0807. The van der Waals surface area contributed by atoms with Crippen LogP contribution >= 0.6 is 0 Å². The average molecular weight is 713 g/mol. The molecule has 6 aromatic carbocycles. The van der Waals surface area contributed by atoms with Crippen molar-refractivity contribution in [3.63, 3.8) is 0 Å². The fraction of sp³-hybridized carbons (Fsp3) is 0.294. The largest absolute Gasteiger partial charge is 0.376 e. The molecule has 1 nitrogen and oxygen atoms in total. The molecule has 1 aliphatic carbocycles. The molecule has 0 saturated heterocycles. The second kappa shape index (κ2) is 16.2.